The molecule has 1 aliphatic rings. The summed E-state index contributed by atoms with van der Waals surface area (Å²) in [5, 5.41) is 0. The zero-order chi connectivity index (χ0) is 14.8. The average Bonchev–Trinajstić information content (AvgIpc) is 2.73. The third kappa shape index (κ3) is 3.86. The molecule has 0 spiro atoms. The zero-order valence-electron chi connectivity index (χ0n) is 11.4. The molecule has 0 amide bonds. The first-order chi connectivity index (χ1) is 9.31. The molecule has 2 N–H and O–H groups in total. The van der Waals surface area contributed by atoms with Gasteiger partial charge < -0.3 is 10.5 Å². The normalized spacial score (nSPS) is 24.1. The van der Waals surface area contributed by atoms with Crippen molar-refractivity contribution in [1.29, 1.82) is 0 Å². The van der Waals surface area contributed by atoms with Gasteiger partial charge in [0.1, 0.15) is 5.75 Å². The van der Waals surface area contributed by atoms with Crippen molar-refractivity contribution in [3.63, 3.8) is 0 Å². The minimum Gasteiger partial charge on any atom is -0.405 e. The van der Waals surface area contributed by atoms with Gasteiger partial charge in [-0.1, -0.05) is 25.1 Å². The van der Waals surface area contributed by atoms with Crippen LogP contribution in [0.1, 0.15) is 18.9 Å². The molecule has 0 aliphatic carbocycles. The summed E-state index contributed by atoms with van der Waals surface area (Å²) >= 11 is 0. The van der Waals surface area contributed by atoms with Crippen LogP contribution in [0.5, 0.6) is 5.75 Å². The van der Waals surface area contributed by atoms with Crippen LogP contribution in [-0.4, -0.2) is 30.9 Å². The summed E-state index contributed by atoms with van der Waals surface area (Å²) in [5.74, 6) is -0.124. The first kappa shape index (κ1) is 15.1. The molecule has 112 valence electrons. The molecule has 0 saturated carbocycles. The number of likely N-dealkylation sites (tertiary alicyclic amines) is 1. The minimum atomic E-state index is -4.66. The Morgan fingerprint density at radius 2 is 2.05 bits per heavy atom. The van der Waals surface area contributed by atoms with E-state index in [1.54, 1.807) is 18.2 Å². The molecular weight excluding hydrogens is 269 g/mol. The zero-order valence-corrected chi connectivity index (χ0v) is 11.4. The summed E-state index contributed by atoms with van der Waals surface area (Å²) in [6.45, 7) is 4.77. The van der Waals surface area contributed by atoms with Crippen molar-refractivity contribution in [2.75, 3.05) is 19.6 Å². The fourth-order valence-corrected chi connectivity index (χ4v) is 2.53. The summed E-state index contributed by atoms with van der Waals surface area (Å²) in [4.78, 5) is 2.12. The molecule has 1 saturated heterocycles. The Bertz CT molecular complexity index is 464. The first-order valence-electron chi connectivity index (χ1n) is 6.57. The summed E-state index contributed by atoms with van der Waals surface area (Å²) in [7, 11) is 0. The lowest BCUT2D eigenvalue weighted by Gasteiger charge is -2.23. The molecule has 1 fully saturated rings. The Labute approximate surface area is 116 Å². The van der Waals surface area contributed by atoms with E-state index < -0.39 is 6.36 Å². The smallest absolute Gasteiger partial charge is 0.405 e. The average molecular weight is 288 g/mol. The molecule has 1 atom stereocenters. The lowest BCUT2D eigenvalue weighted by molar-refractivity contribution is -0.275. The molecular formula is C14H19F3N2O. The molecule has 0 radical (unpaired) electrons. The second kappa shape index (κ2) is 5.61. The van der Waals surface area contributed by atoms with Gasteiger partial charge in [-0.05, 0) is 31.0 Å². The number of hydrogen-bond donors (Lipinski definition) is 1. The Hall–Kier alpha value is -1.27. The van der Waals surface area contributed by atoms with Gasteiger partial charge in [0.25, 0.3) is 0 Å². The maximum Gasteiger partial charge on any atom is 0.573 e. The third-order valence-electron chi connectivity index (χ3n) is 3.72. The van der Waals surface area contributed by atoms with Gasteiger partial charge in [0, 0.05) is 18.7 Å². The molecule has 2 rings (SSSR count). The summed E-state index contributed by atoms with van der Waals surface area (Å²) in [5.41, 5.74) is 6.34. The SMILES string of the molecule is CC1(CN)CCN(Cc2ccccc2OC(F)(F)F)C1. The van der Waals surface area contributed by atoms with Gasteiger partial charge in [-0.2, -0.15) is 0 Å². The molecule has 1 aromatic carbocycles. The van der Waals surface area contributed by atoms with Crippen molar-refractivity contribution >= 4 is 0 Å². The Kier molecular flexibility index (Phi) is 4.25. The van der Waals surface area contributed by atoms with Crippen molar-refractivity contribution in [2.24, 2.45) is 11.1 Å². The second-order valence-electron chi connectivity index (χ2n) is 5.63. The highest BCUT2D eigenvalue weighted by molar-refractivity contribution is 5.33. The second-order valence-corrected chi connectivity index (χ2v) is 5.63. The molecule has 6 heteroatoms. The number of para-hydroxylation sites is 1. The third-order valence-corrected chi connectivity index (χ3v) is 3.72. The number of benzene rings is 1. The van der Waals surface area contributed by atoms with E-state index in [1.165, 1.54) is 6.07 Å². The monoisotopic (exact) mass is 288 g/mol. The quantitative estimate of drug-likeness (QED) is 0.926. The molecule has 1 unspecified atom stereocenters. The number of hydrogen-bond acceptors (Lipinski definition) is 3. The highest BCUT2D eigenvalue weighted by atomic mass is 19.4. The van der Waals surface area contributed by atoms with Gasteiger partial charge in [-0.25, -0.2) is 0 Å². The highest BCUT2D eigenvalue weighted by Crippen LogP contribution is 2.32. The minimum absolute atomic E-state index is 0.0554. The van der Waals surface area contributed by atoms with Crippen molar-refractivity contribution in [3.8, 4) is 5.75 Å². The van der Waals surface area contributed by atoms with E-state index >= 15 is 0 Å². The number of ether oxygens (including phenoxy) is 1. The van der Waals surface area contributed by atoms with Gasteiger partial charge in [-0.3, -0.25) is 4.90 Å². The first-order valence-corrected chi connectivity index (χ1v) is 6.57. The van der Waals surface area contributed by atoms with Crippen LogP contribution in [-0.2, 0) is 6.54 Å². The van der Waals surface area contributed by atoms with Crippen LogP contribution in [0.25, 0.3) is 0 Å². The van der Waals surface area contributed by atoms with E-state index in [-0.39, 0.29) is 11.2 Å². The number of nitrogens with two attached hydrogens (primary N) is 1. The van der Waals surface area contributed by atoms with E-state index in [9.17, 15) is 13.2 Å². The van der Waals surface area contributed by atoms with E-state index in [0.29, 0.717) is 18.7 Å². The fraction of sp³-hybridized carbons (Fsp3) is 0.571. The summed E-state index contributed by atoms with van der Waals surface area (Å²) in [6.07, 6.45) is -3.70. The lowest BCUT2D eigenvalue weighted by atomic mass is 9.90. The molecule has 1 heterocycles. The molecule has 3 nitrogen and oxygen atoms in total. The highest BCUT2D eigenvalue weighted by Gasteiger charge is 2.34. The van der Waals surface area contributed by atoms with E-state index in [1.807, 2.05) is 0 Å². The van der Waals surface area contributed by atoms with Gasteiger partial charge in [-0.15, -0.1) is 13.2 Å². The van der Waals surface area contributed by atoms with E-state index in [0.717, 1.165) is 19.5 Å². The number of nitrogens with zero attached hydrogens (tertiary/aromatic N) is 1. The van der Waals surface area contributed by atoms with E-state index in [2.05, 4.69) is 16.6 Å². The number of rotatable bonds is 4. The largest absolute Gasteiger partial charge is 0.573 e. The molecule has 0 aromatic heterocycles. The van der Waals surface area contributed by atoms with E-state index in [4.69, 9.17) is 5.73 Å². The van der Waals surface area contributed by atoms with Gasteiger partial charge in [0.15, 0.2) is 0 Å². The summed E-state index contributed by atoms with van der Waals surface area (Å²) < 4.78 is 41.2. The predicted molar refractivity (Wildman–Crippen MR) is 70.2 cm³/mol. The van der Waals surface area contributed by atoms with Crippen molar-refractivity contribution < 1.29 is 17.9 Å². The maximum atomic E-state index is 12.4. The Morgan fingerprint density at radius 1 is 1.35 bits per heavy atom. The fourth-order valence-electron chi connectivity index (χ4n) is 2.53. The van der Waals surface area contributed by atoms with Crippen molar-refractivity contribution in [1.82, 2.24) is 4.90 Å². The van der Waals surface area contributed by atoms with Crippen molar-refractivity contribution in [3.05, 3.63) is 29.8 Å². The van der Waals surface area contributed by atoms with Crippen LogP contribution in [0.15, 0.2) is 24.3 Å². The van der Waals surface area contributed by atoms with Gasteiger partial charge >= 0.3 is 6.36 Å². The number of alkyl halides is 3. The molecule has 1 aromatic rings. The predicted octanol–water partition coefficient (Wildman–Crippen LogP) is 2.76. The van der Waals surface area contributed by atoms with Crippen LogP contribution in [0.2, 0.25) is 0 Å². The lowest BCUT2D eigenvalue weighted by Crippen LogP contribution is -2.31. The molecule has 1 aliphatic heterocycles. The topological polar surface area (TPSA) is 38.5 Å². The summed E-state index contributed by atoms with van der Waals surface area (Å²) in [6, 6.07) is 6.27. The Balaban J connectivity index is 2.07. The standard InChI is InChI=1S/C14H19F3N2O/c1-13(9-18)6-7-19(10-13)8-11-4-2-3-5-12(11)20-14(15,16)17/h2-5H,6-10,18H2,1H3. The molecule has 0 bridgehead atoms. The van der Waals surface area contributed by atoms with Gasteiger partial charge in [0.05, 0.1) is 0 Å². The van der Waals surface area contributed by atoms with Crippen LogP contribution in [0, 0.1) is 5.41 Å². The molecule has 20 heavy (non-hydrogen) atoms. The number of halogens is 3. The Morgan fingerprint density at radius 3 is 2.65 bits per heavy atom. The van der Waals surface area contributed by atoms with Crippen LogP contribution >= 0.6 is 0 Å². The van der Waals surface area contributed by atoms with Crippen LogP contribution in [0.3, 0.4) is 0 Å². The van der Waals surface area contributed by atoms with Crippen molar-refractivity contribution in [2.45, 2.75) is 26.3 Å². The van der Waals surface area contributed by atoms with Crippen LogP contribution in [0.4, 0.5) is 13.2 Å². The van der Waals surface area contributed by atoms with Crippen LogP contribution < -0.4 is 10.5 Å². The maximum absolute atomic E-state index is 12.4. The van der Waals surface area contributed by atoms with Gasteiger partial charge in [0.2, 0.25) is 0 Å².